The van der Waals surface area contributed by atoms with Crippen LogP contribution in [0.25, 0.3) is 0 Å². The molecular weight excluding hydrogens is 344 g/mol. The molecule has 0 saturated carbocycles. The van der Waals surface area contributed by atoms with Crippen molar-refractivity contribution in [3.63, 3.8) is 0 Å². The maximum atomic E-state index is 10.3. The standard InChI is InChI=1S/C21H36N2O4/c1-5-22(6-2)15-18(24)16-27-21-13-17(7-8-20(21)26-4)14-23-11-9-19(25-3)10-12-23/h7-8,13,18-19,24H,5-6,9-12,14-16H2,1-4H3/t18-/m1/s1. The van der Waals surface area contributed by atoms with Crippen LogP contribution in [0.3, 0.4) is 0 Å². The molecule has 0 radical (unpaired) electrons. The van der Waals surface area contributed by atoms with Gasteiger partial charge in [0.1, 0.15) is 12.7 Å². The number of aliphatic hydroxyl groups is 1. The quantitative estimate of drug-likeness (QED) is 0.636. The molecular formula is C21H36N2O4. The van der Waals surface area contributed by atoms with E-state index in [9.17, 15) is 5.11 Å². The summed E-state index contributed by atoms with van der Waals surface area (Å²) in [5.41, 5.74) is 1.19. The summed E-state index contributed by atoms with van der Waals surface area (Å²) in [5, 5.41) is 10.3. The molecule has 0 bridgehead atoms. The first-order chi connectivity index (χ1) is 13.1. The third-order valence-electron chi connectivity index (χ3n) is 5.30. The molecule has 0 spiro atoms. The highest BCUT2D eigenvalue weighted by molar-refractivity contribution is 5.43. The highest BCUT2D eigenvalue weighted by Crippen LogP contribution is 2.29. The molecule has 0 unspecified atom stereocenters. The lowest BCUT2D eigenvalue weighted by atomic mass is 10.1. The number of likely N-dealkylation sites (tertiary alicyclic amines) is 1. The van der Waals surface area contributed by atoms with E-state index in [2.05, 4.69) is 29.7 Å². The van der Waals surface area contributed by atoms with Crippen molar-refractivity contribution in [3.05, 3.63) is 23.8 Å². The molecule has 6 heteroatoms. The van der Waals surface area contributed by atoms with Gasteiger partial charge in [-0.15, -0.1) is 0 Å². The zero-order chi connectivity index (χ0) is 19.6. The van der Waals surface area contributed by atoms with Crippen LogP contribution >= 0.6 is 0 Å². The van der Waals surface area contributed by atoms with Crippen LogP contribution in [-0.2, 0) is 11.3 Å². The van der Waals surface area contributed by atoms with Crippen LogP contribution in [0.15, 0.2) is 18.2 Å². The molecule has 1 heterocycles. The monoisotopic (exact) mass is 380 g/mol. The highest BCUT2D eigenvalue weighted by atomic mass is 16.5. The Balaban J connectivity index is 1.92. The van der Waals surface area contributed by atoms with Crippen molar-refractivity contribution in [2.75, 3.05) is 53.6 Å². The molecule has 27 heavy (non-hydrogen) atoms. The summed E-state index contributed by atoms with van der Waals surface area (Å²) in [6.45, 7) is 9.89. The Labute approximate surface area is 164 Å². The topological polar surface area (TPSA) is 54.4 Å². The minimum Gasteiger partial charge on any atom is -0.493 e. The fourth-order valence-electron chi connectivity index (χ4n) is 3.51. The number of nitrogens with zero attached hydrogens (tertiary/aromatic N) is 2. The minimum atomic E-state index is -0.522. The fourth-order valence-corrected chi connectivity index (χ4v) is 3.51. The van der Waals surface area contributed by atoms with Gasteiger partial charge in [-0.25, -0.2) is 0 Å². The molecule has 1 aliphatic heterocycles. The summed E-state index contributed by atoms with van der Waals surface area (Å²) >= 11 is 0. The maximum Gasteiger partial charge on any atom is 0.161 e. The molecule has 2 rings (SSSR count). The lowest BCUT2D eigenvalue weighted by molar-refractivity contribution is 0.0388. The van der Waals surface area contributed by atoms with Crippen LogP contribution in [0.1, 0.15) is 32.3 Å². The molecule has 1 N–H and O–H groups in total. The molecule has 1 atom stereocenters. The van der Waals surface area contributed by atoms with E-state index in [1.54, 1.807) is 14.2 Å². The first-order valence-corrected chi connectivity index (χ1v) is 10.0. The molecule has 154 valence electrons. The predicted molar refractivity (Wildman–Crippen MR) is 108 cm³/mol. The normalized spacial score (nSPS) is 17.3. The van der Waals surface area contributed by atoms with Crippen molar-refractivity contribution in [2.45, 2.75) is 45.4 Å². The van der Waals surface area contributed by atoms with E-state index in [0.29, 0.717) is 24.1 Å². The van der Waals surface area contributed by atoms with Crippen LogP contribution in [0.4, 0.5) is 0 Å². The molecule has 0 amide bonds. The summed E-state index contributed by atoms with van der Waals surface area (Å²) in [6, 6.07) is 6.06. The highest BCUT2D eigenvalue weighted by Gasteiger charge is 2.19. The molecule has 0 aromatic heterocycles. The van der Waals surface area contributed by atoms with E-state index < -0.39 is 6.10 Å². The van der Waals surface area contributed by atoms with Crippen molar-refractivity contribution >= 4 is 0 Å². The van der Waals surface area contributed by atoms with Gasteiger partial charge in [0.25, 0.3) is 0 Å². The summed E-state index contributed by atoms with van der Waals surface area (Å²) in [7, 11) is 3.44. The van der Waals surface area contributed by atoms with Crippen LogP contribution in [0.2, 0.25) is 0 Å². The Morgan fingerprint density at radius 1 is 1.15 bits per heavy atom. The molecule has 6 nitrogen and oxygen atoms in total. The molecule has 1 aromatic rings. The van der Waals surface area contributed by atoms with E-state index in [1.165, 1.54) is 5.56 Å². The predicted octanol–water partition coefficient (Wildman–Crippen LogP) is 2.39. The summed E-state index contributed by atoms with van der Waals surface area (Å²) in [5.74, 6) is 1.40. The number of aliphatic hydroxyl groups excluding tert-OH is 1. The Morgan fingerprint density at radius 3 is 2.44 bits per heavy atom. The molecule has 1 aromatic carbocycles. The Kier molecular flexibility index (Phi) is 9.34. The molecule has 0 aliphatic carbocycles. The van der Waals surface area contributed by atoms with Gasteiger partial charge in [0.05, 0.1) is 13.2 Å². The average Bonchev–Trinajstić information content (AvgIpc) is 2.71. The van der Waals surface area contributed by atoms with E-state index >= 15 is 0 Å². The van der Waals surface area contributed by atoms with Gasteiger partial charge in [-0.05, 0) is 43.6 Å². The van der Waals surface area contributed by atoms with Gasteiger partial charge in [-0.2, -0.15) is 0 Å². The van der Waals surface area contributed by atoms with E-state index in [0.717, 1.165) is 45.6 Å². The SMILES string of the molecule is CCN(CC)C[C@@H](O)COc1cc(CN2CCC(OC)CC2)ccc1OC. The van der Waals surface area contributed by atoms with Gasteiger partial charge in [-0.3, -0.25) is 4.90 Å². The second kappa shape index (κ2) is 11.5. The Hall–Kier alpha value is -1.34. The van der Waals surface area contributed by atoms with Crippen LogP contribution < -0.4 is 9.47 Å². The number of likely N-dealkylation sites (N-methyl/N-ethyl adjacent to an activating group) is 1. The average molecular weight is 381 g/mol. The third-order valence-corrected chi connectivity index (χ3v) is 5.30. The fraction of sp³-hybridized carbons (Fsp3) is 0.714. The van der Waals surface area contributed by atoms with Gasteiger partial charge in [0, 0.05) is 33.3 Å². The van der Waals surface area contributed by atoms with Crippen molar-refractivity contribution in [3.8, 4) is 11.5 Å². The number of piperidine rings is 1. The number of hydrogen-bond acceptors (Lipinski definition) is 6. The first-order valence-electron chi connectivity index (χ1n) is 10.0. The van der Waals surface area contributed by atoms with Gasteiger partial charge >= 0.3 is 0 Å². The smallest absolute Gasteiger partial charge is 0.161 e. The number of rotatable bonds is 11. The molecule has 1 saturated heterocycles. The first kappa shape index (κ1) is 22.0. The Morgan fingerprint density at radius 2 is 1.85 bits per heavy atom. The van der Waals surface area contributed by atoms with Crippen molar-refractivity contribution < 1.29 is 19.3 Å². The third kappa shape index (κ3) is 6.96. The van der Waals surface area contributed by atoms with Gasteiger partial charge < -0.3 is 24.2 Å². The number of ether oxygens (including phenoxy) is 3. The maximum absolute atomic E-state index is 10.3. The number of methoxy groups -OCH3 is 2. The van der Waals surface area contributed by atoms with Crippen LogP contribution in [-0.4, -0.2) is 80.7 Å². The summed E-state index contributed by atoms with van der Waals surface area (Å²) < 4.78 is 16.8. The lowest BCUT2D eigenvalue weighted by Gasteiger charge is -2.31. The Bertz CT molecular complexity index is 543. The number of benzene rings is 1. The second-order valence-corrected chi connectivity index (χ2v) is 7.15. The van der Waals surface area contributed by atoms with Crippen LogP contribution in [0, 0.1) is 0 Å². The van der Waals surface area contributed by atoms with Crippen LogP contribution in [0.5, 0.6) is 11.5 Å². The molecule has 1 fully saturated rings. The van der Waals surface area contributed by atoms with Gasteiger partial charge in [-0.1, -0.05) is 19.9 Å². The summed E-state index contributed by atoms with van der Waals surface area (Å²) in [4.78, 5) is 4.63. The van der Waals surface area contributed by atoms with E-state index in [4.69, 9.17) is 14.2 Å². The summed E-state index contributed by atoms with van der Waals surface area (Å²) in [6.07, 6.45) is 2.02. The zero-order valence-corrected chi connectivity index (χ0v) is 17.3. The lowest BCUT2D eigenvalue weighted by Crippen LogP contribution is -2.36. The van der Waals surface area contributed by atoms with Gasteiger partial charge in [0.2, 0.25) is 0 Å². The number of hydrogen-bond donors (Lipinski definition) is 1. The van der Waals surface area contributed by atoms with E-state index in [-0.39, 0.29) is 6.61 Å². The molecule has 1 aliphatic rings. The van der Waals surface area contributed by atoms with E-state index in [1.807, 2.05) is 12.1 Å². The van der Waals surface area contributed by atoms with Gasteiger partial charge in [0.15, 0.2) is 11.5 Å². The van der Waals surface area contributed by atoms with Crippen molar-refractivity contribution in [1.29, 1.82) is 0 Å². The largest absolute Gasteiger partial charge is 0.493 e. The zero-order valence-electron chi connectivity index (χ0n) is 17.3. The minimum absolute atomic E-state index is 0.259. The van der Waals surface area contributed by atoms with Crippen molar-refractivity contribution in [2.24, 2.45) is 0 Å². The second-order valence-electron chi connectivity index (χ2n) is 7.15. The van der Waals surface area contributed by atoms with Crippen molar-refractivity contribution in [1.82, 2.24) is 9.80 Å².